The van der Waals surface area contributed by atoms with E-state index in [1.54, 1.807) is 23.0 Å². The molecule has 3 aromatic rings. The van der Waals surface area contributed by atoms with Crippen molar-refractivity contribution in [3.8, 4) is 10.6 Å². The molecule has 3 aromatic heterocycles. The number of aromatic nitrogens is 4. The van der Waals surface area contributed by atoms with Crippen LogP contribution >= 0.6 is 11.5 Å². The van der Waals surface area contributed by atoms with Crippen LogP contribution in [0.3, 0.4) is 0 Å². The van der Waals surface area contributed by atoms with E-state index >= 15 is 0 Å². The summed E-state index contributed by atoms with van der Waals surface area (Å²) in [7, 11) is 0. The van der Waals surface area contributed by atoms with E-state index in [1.807, 2.05) is 13.0 Å². The molecular weight excluding hydrogens is 224 g/mol. The van der Waals surface area contributed by atoms with Crippen LogP contribution in [0.1, 0.15) is 5.69 Å². The highest BCUT2D eigenvalue weighted by molar-refractivity contribution is 7.09. The monoisotopic (exact) mass is 232 g/mol. The van der Waals surface area contributed by atoms with Crippen LogP contribution < -0.4 is 5.56 Å². The zero-order valence-corrected chi connectivity index (χ0v) is 9.28. The second-order valence-corrected chi connectivity index (χ2v) is 4.30. The van der Waals surface area contributed by atoms with Gasteiger partial charge in [-0.05, 0) is 30.6 Å². The van der Waals surface area contributed by atoms with E-state index in [-0.39, 0.29) is 5.56 Å². The molecule has 0 radical (unpaired) electrons. The lowest BCUT2D eigenvalue weighted by Gasteiger charge is -1.97. The van der Waals surface area contributed by atoms with E-state index < -0.39 is 0 Å². The second kappa shape index (κ2) is 3.28. The number of aryl methyl sites for hydroxylation is 1. The third-order valence-corrected chi connectivity index (χ3v) is 3.21. The Hall–Kier alpha value is -1.95. The standard InChI is InChI=1S/C10H8N4OS/c1-6-4-9(16-13-6)7-5-14-8(2-3-11-14)10(15)12-7/h2-5H,1H3,(H,12,15). The fraction of sp³-hybridized carbons (Fsp3) is 0.100. The topological polar surface area (TPSA) is 63.1 Å². The Morgan fingerprint density at radius 3 is 3.12 bits per heavy atom. The molecule has 0 aromatic carbocycles. The molecule has 6 heteroatoms. The molecule has 0 aliphatic carbocycles. The first kappa shape index (κ1) is 9.29. The molecule has 5 nitrogen and oxygen atoms in total. The largest absolute Gasteiger partial charge is 0.318 e. The van der Waals surface area contributed by atoms with Crippen LogP contribution in [0, 0.1) is 6.92 Å². The van der Waals surface area contributed by atoms with Crippen LogP contribution in [-0.4, -0.2) is 19.0 Å². The molecule has 3 heterocycles. The normalized spacial score (nSPS) is 11.1. The van der Waals surface area contributed by atoms with Gasteiger partial charge in [0.1, 0.15) is 5.52 Å². The van der Waals surface area contributed by atoms with E-state index in [9.17, 15) is 4.79 Å². The number of aromatic amines is 1. The number of fused-ring (bicyclic) bond motifs is 1. The minimum Gasteiger partial charge on any atom is -0.318 e. The van der Waals surface area contributed by atoms with Gasteiger partial charge in [0.15, 0.2) is 0 Å². The third-order valence-electron chi connectivity index (χ3n) is 2.30. The SMILES string of the molecule is Cc1cc(-c2cn3nccc3c(=O)[nH]2)sn1. The first-order valence-corrected chi connectivity index (χ1v) is 5.52. The molecule has 0 saturated heterocycles. The highest BCUT2D eigenvalue weighted by Crippen LogP contribution is 2.21. The maximum atomic E-state index is 11.7. The number of H-pyrrole nitrogens is 1. The van der Waals surface area contributed by atoms with Crippen LogP contribution in [0.4, 0.5) is 0 Å². The van der Waals surface area contributed by atoms with Crippen molar-refractivity contribution in [2.45, 2.75) is 6.92 Å². The quantitative estimate of drug-likeness (QED) is 0.690. The summed E-state index contributed by atoms with van der Waals surface area (Å²) in [6, 6.07) is 3.62. The van der Waals surface area contributed by atoms with Gasteiger partial charge in [-0.2, -0.15) is 9.47 Å². The number of nitrogens with one attached hydrogen (secondary N) is 1. The Kier molecular flexibility index (Phi) is 1.90. The molecule has 0 aliphatic heterocycles. The van der Waals surface area contributed by atoms with Gasteiger partial charge in [0.2, 0.25) is 0 Å². The second-order valence-electron chi connectivity index (χ2n) is 3.49. The van der Waals surface area contributed by atoms with Crippen molar-refractivity contribution in [2.75, 3.05) is 0 Å². The van der Waals surface area contributed by atoms with Crippen molar-refractivity contribution < 1.29 is 0 Å². The average molecular weight is 232 g/mol. The van der Waals surface area contributed by atoms with E-state index in [2.05, 4.69) is 14.5 Å². The van der Waals surface area contributed by atoms with Gasteiger partial charge in [0.05, 0.1) is 28.7 Å². The van der Waals surface area contributed by atoms with Crippen LogP contribution in [0.15, 0.2) is 29.3 Å². The van der Waals surface area contributed by atoms with E-state index in [0.29, 0.717) is 5.52 Å². The molecule has 0 spiro atoms. The highest BCUT2D eigenvalue weighted by Gasteiger charge is 2.06. The summed E-state index contributed by atoms with van der Waals surface area (Å²) < 4.78 is 5.75. The summed E-state index contributed by atoms with van der Waals surface area (Å²) in [6.45, 7) is 1.92. The van der Waals surface area contributed by atoms with Crippen molar-refractivity contribution in [1.29, 1.82) is 0 Å². The summed E-state index contributed by atoms with van der Waals surface area (Å²) in [4.78, 5) is 15.5. The lowest BCUT2D eigenvalue weighted by Crippen LogP contribution is -2.10. The van der Waals surface area contributed by atoms with Crippen LogP contribution in [0.2, 0.25) is 0 Å². The minimum absolute atomic E-state index is 0.138. The summed E-state index contributed by atoms with van der Waals surface area (Å²) in [5, 5.41) is 4.05. The Morgan fingerprint density at radius 1 is 1.50 bits per heavy atom. The Balaban J connectivity index is 2.28. The number of rotatable bonds is 1. The fourth-order valence-corrected chi connectivity index (χ4v) is 2.27. The number of hydrogen-bond donors (Lipinski definition) is 1. The van der Waals surface area contributed by atoms with Gasteiger partial charge < -0.3 is 4.98 Å². The first-order chi connectivity index (χ1) is 7.74. The highest BCUT2D eigenvalue weighted by atomic mass is 32.1. The fourth-order valence-electron chi connectivity index (χ4n) is 1.55. The van der Waals surface area contributed by atoms with Crippen molar-refractivity contribution in [1.82, 2.24) is 19.0 Å². The van der Waals surface area contributed by atoms with Gasteiger partial charge in [-0.3, -0.25) is 4.79 Å². The predicted octanol–water partition coefficient (Wildman–Crippen LogP) is 1.45. The Labute approximate surface area is 94.5 Å². The summed E-state index contributed by atoms with van der Waals surface area (Å²) in [5.41, 5.74) is 2.10. The van der Waals surface area contributed by atoms with E-state index in [0.717, 1.165) is 16.3 Å². The van der Waals surface area contributed by atoms with Gasteiger partial charge in [0, 0.05) is 0 Å². The molecule has 0 atom stereocenters. The van der Waals surface area contributed by atoms with Crippen molar-refractivity contribution in [3.63, 3.8) is 0 Å². The van der Waals surface area contributed by atoms with Gasteiger partial charge in [0.25, 0.3) is 5.56 Å². The lowest BCUT2D eigenvalue weighted by molar-refractivity contribution is 0.940. The summed E-state index contributed by atoms with van der Waals surface area (Å²) in [6.07, 6.45) is 3.40. The third kappa shape index (κ3) is 1.35. The average Bonchev–Trinajstić information content (AvgIpc) is 2.85. The van der Waals surface area contributed by atoms with Gasteiger partial charge in [-0.25, -0.2) is 4.52 Å². The molecular formula is C10H8N4OS. The van der Waals surface area contributed by atoms with Crippen molar-refractivity contribution in [3.05, 3.63) is 40.6 Å². The first-order valence-electron chi connectivity index (χ1n) is 4.74. The molecule has 0 saturated carbocycles. The maximum Gasteiger partial charge on any atom is 0.274 e. The van der Waals surface area contributed by atoms with Crippen LogP contribution in [-0.2, 0) is 0 Å². The van der Waals surface area contributed by atoms with Crippen LogP contribution in [0.25, 0.3) is 16.1 Å². The Morgan fingerprint density at radius 2 is 2.38 bits per heavy atom. The van der Waals surface area contributed by atoms with Gasteiger partial charge in [-0.15, -0.1) is 0 Å². The van der Waals surface area contributed by atoms with Gasteiger partial charge >= 0.3 is 0 Å². The molecule has 1 N–H and O–H groups in total. The zero-order chi connectivity index (χ0) is 11.1. The summed E-state index contributed by atoms with van der Waals surface area (Å²) in [5.74, 6) is 0. The number of nitrogens with zero attached hydrogens (tertiary/aromatic N) is 3. The molecule has 0 bridgehead atoms. The van der Waals surface area contributed by atoms with E-state index in [1.165, 1.54) is 11.5 Å². The molecule has 0 unspecified atom stereocenters. The molecule has 16 heavy (non-hydrogen) atoms. The molecule has 0 amide bonds. The zero-order valence-electron chi connectivity index (χ0n) is 8.47. The number of hydrogen-bond acceptors (Lipinski definition) is 4. The lowest BCUT2D eigenvalue weighted by atomic mass is 10.3. The predicted molar refractivity (Wildman–Crippen MR) is 61.7 cm³/mol. The minimum atomic E-state index is -0.138. The maximum absolute atomic E-state index is 11.7. The smallest absolute Gasteiger partial charge is 0.274 e. The van der Waals surface area contributed by atoms with Crippen molar-refractivity contribution in [2.24, 2.45) is 0 Å². The molecule has 0 aliphatic rings. The molecule has 3 rings (SSSR count). The van der Waals surface area contributed by atoms with E-state index in [4.69, 9.17) is 0 Å². The molecule has 0 fully saturated rings. The molecule has 80 valence electrons. The summed E-state index contributed by atoms with van der Waals surface area (Å²) >= 11 is 1.36. The van der Waals surface area contributed by atoms with Gasteiger partial charge in [-0.1, -0.05) is 0 Å². The van der Waals surface area contributed by atoms with Crippen LogP contribution in [0.5, 0.6) is 0 Å². The Bertz CT molecular complexity index is 709. The van der Waals surface area contributed by atoms with Crippen molar-refractivity contribution >= 4 is 17.0 Å².